The summed E-state index contributed by atoms with van der Waals surface area (Å²) in [5.41, 5.74) is 3.52. The van der Waals surface area contributed by atoms with E-state index in [0.717, 1.165) is 43.4 Å². The van der Waals surface area contributed by atoms with Crippen LogP contribution in [0.15, 0.2) is 48.0 Å². The van der Waals surface area contributed by atoms with Crippen LogP contribution in [0.1, 0.15) is 17.5 Å². The van der Waals surface area contributed by atoms with Crippen molar-refractivity contribution in [1.82, 2.24) is 35.2 Å². The first-order valence-corrected chi connectivity index (χ1v) is 9.59. The van der Waals surface area contributed by atoms with Crippen LogP contribution in [0.5, 0.6) is 0 Å². The maximum atomic E-state index is 4.49. The average Bonchev–Trinajstić information content (AvgIpc) is 3.46. The number of hydrogen-bond donors (Lipinski definition) is 2. The lowest BCUT2D eigenvalue weighted by Gasteiger charge is -2.22. The number of H-pyrrole nitrogens is 1. The second kappa shape index (κ2) is 8.24. The summed E-state index contributed by atoms with van der Waals surface area (Å²) in [5, 5.41) is 14.6. The van der Waals surface area contributed by atoms with Crippen molar-refractivity contribution in [3.63, 3.8) is 0 Å². The Morgan fingerprint density at radius 2 is 2.29 bits per heavy atom. The molecular formula is C20H26N8. The Morgan fingerprint density at radius 3 is 3.04 bits per heavy atom. The van der Waals surface area contributed by atoms with Gasteiger partial charge in [0.1, 0.15) is 6.33 Å². The van der Waals surface area contributed by atoms with Gasteiger partial charge in [-0.25, -0.2) is 4.98 Å². The molecule has 0 amide bonds. The number of nitrogens with one attached hydrogen (secondary N) is 2. The van der Waals surface area contributed by atoms with E-state index >= 15 is 0 Å². The summed E-state index contributed by atoms with van der Waals surface area (Å²) in [6.07, 6.45) is 7.85. The highest BCUT2D eigenvalue weighted by Gasteiger charge is 2.25. The first kappa shape index (κ1) is 18.2. The summed E-state index contributed by atoms with van der Waals surface area (Å²) in [4.78, 5) is 11.1. The molecule has 0 radical (unpaired) electrons. The fourth-order valence-electron chi connectivity index (χ4n) is 3.79. The van der Waals surface area contributed by atoms with Gasteiger partial charge in [0.25, 0.3) is 0 Å². The molecule has 1 aromatic carbocycles. The van der Waals surface area contributed by atoms with Crippen LogP contribution in [0.25, 0.3) is 11.4 Å². The number of nitrogens with zero attached hydrogens (tertiary/aromatic N) is 6. The first-order chi connectivity index (χ1) is 13.7. The summed E-state index contributed by atoms with van der Waals surface area (Å²) < 4.78 is 1.87. The molecule has 2 N–H and O–H groups in total. The number of aryl methyl sites for hydroxylation is 1. The molecule has 1 saturated heterocycles. The normalized spacial score (nSPS) is 17.3. The van der Waals surface area contributed by atoms with Crippen molar-refractivity contribution in [2.45, 2.75) is 19.4 Å². The van der Waals surface area contributed by atoms with E-state index in [4.69, 9.17) is 0 Å². The Morgan fingerprint density at radius 1 is 1.36 bits per heavy atom. The van der Waals surface area contributed by atoms with Crippen molar-refractivity contribution in [2.75, 3.05) is 20.1 Å². The van der Waals surface area contributed by atoms with E-state index in [1.165, 1.54) is 23.9 Å². The van der Waals surface area contributed by atoms with Crippen molar-refractivity contribution in [3.8, 4) is 11.4 Å². The third kappa shape index (κ3) is 4.21. The van der Waals surface area contributed by atoms with Crippen molar-refractivity contribution < 1.29 is 0 Å². The molecule has 2 aromatic heterocycles. The van der Waals surface area contributed by atoms with Crippen molar-refractivity contribution in [2.24, 2.45) is 18.0 Å². The zero-order valence-electron chi connectivity index (χ0n) is 16.3. The zero-order valence-corrected chi connectivity index (χ0v) is 16.3. The van der Waals surface area contributed by atoms with Crippen LogP contribution in [-0.4, -0.2) is 56.0 Å². The minimum Gasteiger partial charge on any atom is -0.352 e. The van der Waals surface area contributed by atoms with Gasteiger partial charge in [0.15, 0.2) is 11.8 Å². The summed E-state index contributed by atoms with van der Waals surface area (Å²) in [7, 11) is 3.81. The number of rotatable bonds is 5. The standard InChI is InChI=1S/C20H26N8/c1-21-20(28-7-6-16(13-28)8-17-11-25-27(2)12-17)22-10-15-4-3-5-18(9-15)19-23-14-24-26-19/h3-5,9,11-12,14,16H,6-8,10,13H2,1-2H3,(H,21,22)(H,23,24,26). The van der Waals surface area contributed by atoms with Gasteiger partial charge in [0.2, 0.25) is 0 Å². The molecular weight excluding hydrogens is 352 g/mol. The Labute approximate surface area is 164 Å². The van der Waals surface area contributed by atoms with Gasteiger partial charge in [-0.1, -0.05) is 18.2 Å². The largest absolute Gasteiger partial charge is 0.352 e. The van der Waals surface area contributed by atoms with Crippen LogP contribution in [0.4, 0.5) is 0 Å². The predicted molar refractivity (Wildman–Crippen MR) is 109 cm³/mol. The SMILES string of the molecule is CN=C(NCc1cccc(-c2ncn[nH]2)c1)N1CCC(Cc2cnn(C)c2)C1. The molecule has 1 aliphatic heterocycles. The molecule has 3 heterocycles. The van der Waals surface area contributed by atoms with Gasteiger partial charge >= 0.3 is 0 Å². The summed E-state index contributed by atoms with van der Waals surface area (Å²) in [5.74, 6) is 2.38. The molecule has 1 atom stereocenters. The van der Waals surface area contributed by atoms with Gasteiger partial charge in [0.05, 0.1) is 6.20 Å². The van der Waals surface area contributed by atoms with E-state index < -0.39 is 0 Å². The molecule has 4 rings (SSSR count). The highest BCUT2D eigenvalue weighted by Crippen LogP contribution is 2.21. The summed E-state index contributed by atoms with van der Waals surface area (Å²) in [6.45, 7) is 2.77. The predicted octanol–water partition coefficient (Wildman–Crippen LogP) is 1.85. The Kier molecular flexibility index (Phi) is 5.36. The molecule has 8 nitrogen and oxygen atoms in total. The maximum Gasteiger partial charge on any atom is 0.193 e. The number of aromatic nitrogens is 5. The van der Waals surface area contributed by atoms with Crippen LogP contribution in [-0.2, 0) is 20.0 Å². The molecule has 1 unspecified atom stereocenters. The van der Waals surface area contributed by atoms with E-state index in [2.05, 4.69) is 53.8 Å². The lowest BCUT2D eigenvalue weighted by molar-refractivity contribution is 0.460. The second-order valence-electron chi connectivity index (χ2n) is 7.26. The molecule has 0 aliphatic carbocycles. The highest BCUT2D eigenvalue weighted by molar-refractivity contribution is 5.80. The number of likely N-dealkylation sites (tertiary alicyclic amines) is 1. The minimum atomic E-state index is 0.637. The molecule has 146 valence electrons. The summed E-state index contributed by atoms with van der Waals surface area (Å²) >= 11 is 0. The molecule has 3 aromatic rings. The van der Waals surface area contributed by atoms with E-state index in [-0.39, 0.29) is 0 Å². The van der Waals surface area contributed by atoms with Crippen LogP contribution in [0.3, 0.4) is 0 Å². The van der Waals surface area contributed by atoms with Crippen molar-refractivity contribution >= 4 is 5.96 Å². The molecule has 1 fully saturated rings. The van der Waals surface area contributed by atoms with E-state index in [1.807, 2.05) is 37.1 Å². The summed E-state index contributed by atoms with van der Waals surface area (Å²) in [6, 6.07) is 8.30. The van der Waals surface area contributed by atoms with E-state index in [1.54, 1.807) is 0 Å². The van der Waals surface area contributed by atoms with Crippen LogP contribution >= 0.6 is 0 Å². The number of aromatic amines is 1. The molecule has 0 spiro atoms. The molecule has 28 heavy (non-hydrogen) atoms. The van der Waals surface area contributed by atoms with Gasteiger partial charge < -0.3 is 10.2 Å². The Hall–Kier alpha value is -3.16. The average molecular weight is 378 g/mol. The van der Waals surface area contributed by atoms with Gasteiger partial charge in [-0.05, 0) is 36.0 Å². The number of benzene rings is 1. The third-order valence-electron chi connectivity index (χ3n) is 5.15. The number of aliphatic imine (C=N–C) groups is 1. The van der Waals surface area contributed by atoms with E-state index in [9.17, 15) is 0 Å². The quantitative estimate of drug-likeness (QED) is 0.523. The minimum absolute atomic E-state index is 0.637. The monoisotopic (exact) mass is 378 g/mol. The van der Waals surface area contributed by atoms with Crippen molar-refractivity contribution in [1.29, 1.82) is 0 Å². The lowest BCUT2D eigenvalue weighted by atomic mass is 10.0. The third-order valence-corrected chi connectivity index (χ3v) is 5.15. The second-order valence-corrected chi connectivity index (χ2v) is 7.26. The lowest BCUT2D eigenvalue weighted by Crippen LogP contribution is -2.39. The van der Waals surface area contributed by atoms with Crippen LogP contribution < -0.4 is 5.32 Å². The number of guanidine groups is 1. The topological polar surface area (TPSA) is 87.0 Å². The van der Waals surface area contributed by atoms with Crippen LogP contribution in [0.2, 0.25) is 0 Å². The number of hydrogen-bond acceptors (Lipinski definition) is 4. The zero-order chi connectivity index (χ0) is 19.3. The van der Waals surface area contributed by atoms with Crippen LogP contribution in [0, 0.1) is 5.92 Å². The fraction of sp³-hybridized carbons (Fsp3) is 0.400. The Bertz CT molecular complexity index is 927. The first-order valence-electron chi connectivity index (χ1n) is 9.59. The molecule has 0 bridgehead atoms. The molecule has 1 aliphatic rings. The smallest absolute Gasteiger partial charge is 0.193 e. The highest BCUT2D eigenvalue weighted by atomic mass is 15.3. The van der Waals surface area contributed by atoms with Gasteiger partial charge in [-0.3, -0.25) is 14.8 Å². The maximum absolute atomic E-state index is 4.49. The fourth-order valence-corrected chi connectivity index (χ4v) is 3.79. The van der Waals surface area contributed by atoms with Gasteiger partial charge in [-0.15, -0.1) is 0 Å². The van der Waals surface area contributed by atoms with Gasteiger partial charge in [-0.2, -0.15) is 10.2 Å². The van der Waals surface area contributed by atoms with E-state index in [0.29, 0.717) is 5.92 Å². The molecule has 8 heteroatoms. The van der Waals surface area contributed by atoms with Crippen molar-refractivity contribution in [3.05, 3.63) is 54.1 Å². The molecule has 0 saturated carbocycles. The Balaban J connectivity index is 1.33. The van der Waals surface area contributed by atoms with Gasteiger partial charge in [0, 0.05) is 45.5 Å².